The van der Waals surface area contributed by atoms with E-state index in [1.807, 2.05) is 0 Å². The normalized spacial score (nSPS) is 10.2. The third-order valence-corrected chi connectivity index (χ3v) is 2.61. The summed E-state index contributed by atoms with van der Waals surface area (Å²) in [5.41, 5.74) is -0.946. The Kier molecular flexibility index (Phi) is 3.79. The topological polar surface area (TPSA) is 92.5 Å². The largest absolute Gasteiger partial charge is 0.505 e. The number of halogens is 2. The number of nitro groups is 1. The first-order valence-electron chi connectivity index (χ1n) is 5.62. The molecule has 0 heterocycles. The number of anilines is 1. The van der Waals surface area contributed by atoms with E-state index < -0.39 is 33.9 Å². The van der Waals surface area contributed by atoms with Gasteiger partial charge < -0.3 is 10.4 Å². The monoisotopic (exact) mass is 294 g/mol. The van der Waals surface area contributed by atoms with Gasteiger partial charge in [-0.2, -0.15) is 4.39 Å². The van der Waals surface area contributed by atoms with Gasteiger partial charge in [-0.25, -0.2) is 4.39 Å². The van der Waals surface area contributed by atoms with Crippen LogP contribution in [0.3, 0.4) is 0 Å². The zero-order chi connectivity index (χ0) is 15.6. The molecular formula is C13H8F2N2O4. The highest BCUT2D eigenvalue weighted by molar-refractivity contribution is 6.04. The predicted octanol–water partition coefficient (Wildman–Crippen LogP) is 2.83. The lowest BCUT2D eigenvalue weighted by Crippen LogP contribution is -2.12. The van der Waals surface area contributed by atoms with Crippen LogP contribution in [-0.4, -0.2) is 15.9 Å². The summed E-state index contributed by atoms with van der Waals surface area (Å²) < 4.78 is 26.3. The molecule has 0 spiro atoms. The van der Waals surface area contributed by atoms with Crippen molar-refractivity contribution in [2.24, 2.45) is 0 Å². The van der Waals surface area contributed by atoms with Gasteiger partial charge in [0.15, 0.2) is 11.6 Å². The molecule has 0 aliphatic rings. The zero-order valence-corrected chi connectivity index (χ0v) is 10.3. The fourth-order valence-corrected chi connectivity index (χ4v) is 1.58. The molecule has 2 rings (SSSR count). The molecule has 108 valence electrons. The van der Waals surface area contributed by atoms with Crippen LogP contribution < -0.4 is 5.32 Å². The minimum absolute atomic E-state index is 0.0438. The number of nitrogens with zero attached hydrogens (tertiary/aromatic N) is 1. The first kappa shape index (κ1) is 14.4. The maximum absolute atomic E-state index is 13.2. The predicted molar refractivity (Wildman–Crippen MR) is 69.1 cm³/mol. The van der Waals surface area contributed by atoms with Crippen LogP contribution in [0.4, 0.5) is 20.2 Å². The molecule has 0 radical (unpaired) electrons. The third kappa shape index (κ3) is 3.11. The number of carbonyl (C=O) groups is 1. The molecule has 0 aliphatic carbocycles. The number of phenolic OH excluding ortho intramolecular Hbond substituents is 1. The summed E-state index contributed by atoms with van der Waals surface area (Å²) in [6, 6.07) is 5.80. The van der Waals surface area contributed by atoms with E-state index in [-0.39, 0.29) is 11.3 Å². The van der Waals surface area contributed by atoms with Gasteiger partial charge in [-0.15, -0.1) is 0 Å². The van der Waals surface area contributed by atoms with Crippen molar-refractivity contribution in [2.45, 2.75) is 0 Å². The number of hydrogen-bond acceptors (Lipinski definition) is 4. The molecule has 0 aromatic heterocycles. The number of rotatable bonds is 3. The number of phenols is 1. The van der Waals surface area contributed by atoms with Gasteiger partial charge in [0.2, 0.25) is 5.82 Å². The van der Waals surface area contributed by atoms with Crippen molar-refractivity contribution in [3.05, 3.63) is 63.7 Å². The summed E-state index contributed by atoms with van der Waals surface area (Å²) in [7, 11) is 0. The molecule has 2 aromatic carbocycles. The molecule has 0 bridgehead atoms. The SMILES string of the molecule is O=C(Nc1ccc(O)c(F)c1)c1ccc(F)c([N+](=O)[O-])c1. The quantitative estimate of drug-likeness (QED) is 0.517. The third-order valence-electron chi connectivity index (χ3n) is 2.61. The van der Waals surface area contributed by atoms with Gasteiger partial charge in [-0.3, -0.25) is 14.9 Å². The Morgan fingerprint density at radius 3 is 2.48 bits per heavy atom. The average Bonchev–Trinajstić information content (AvgIpc) is 2.43. The molecule has 2 aromatic rings. The summed E-state index contributed by atoms with van der Waals surface area (Å²) in [5, 5.41) is 21.9. The molecule has 2 N–H and O–H groups in total. The van der Waals surface area contributed by atoms with E-state index >= 15 is 0 Å². The van der Waals surface area contributed by atoms with E-state index in [1.165, 1.54) is 6.07 Å². The number of hydrogen-bond donors (Lipinski definition) is 2. The maximum atomic E-state index is 13.2. The number of nitro benzene ring substituents is 1. The molecule has 21 heavy (non-hydrogen) atoms. The molecule has 0 unspecified atom stereocenters. The average molecular weight is 294 g/mol. The summed E-state index contributed by atoms with van der Waals surface area (Å²) in [6.45, 7) is 0. The minimum Gasteiger partial charge on any atom is -0.505 e. The first-order valence-corrected chi connectivity index (χ1v) is 5.62. The summed E-state index contributed by atoms with van der Waals surface area (Å²) >= 11 is 0. The Balaban J connectivity index is 2.26. The Labute approximate surface area is 116 Å². The Bertz CT molecular complexity index is 734. The smallest absolute Gasteiger partial charge is 0.305 e. The Morgan fingerprint density at radius 1 is 1.14 bits per heavy atom. The number of carbonyl (C=O) groups excluding carboxylic acids is 1. The summed E-state index contributed by atoms with van der Waals surface area (Å²) in [5.74, 6) is -3.35. The number of aromatic hydroxyl groups is 1. The molecule has 8 heteroatoms. The minimum atomic E-state index is -1.06. The standard InChI is InChI=1S/C13H8F2N2O4/c14-9-3-1-7(5-11(9)17(20)21)13(19)16-8-2-4-12(18)10(15)6-8/h1-6,18H,(H,16,19). The molecule has 6 nitrogen and oxygen atoms in total. The zero-order valence-electron chi connectivity index (χ0n) is 10.3. The van der Waals surface area contributed by atoms with Gasteiger partial charge in [0.1, 0.15) is 0 Å². The van der Waals surface area contributed by atoms with Crippen LogP contribution in [0, 0.1) is 21.7 Å². The highest BCUT2D eigenvalue weighted by atomic mass is 19.1. The van der Waals surface area contributed by atoms with Crippen molar-refractivity contribution < 1.29 is 23.6 Å². The van der Waals surface area contributed by atoms with E-state index in [0.717, 1.165) is 30.3 Å². The van der Waals surface area contributed by atoms with E-state index in [0.29, 0.717) is 0 Å². The van der Waals surface area contributed by atoms with E-state index in [9.17, 15) is 23.7 Å². The Hall–Kier alpha value is -3.03. The van der Waals surface area contributed by atoms with Crippen LogP contribution in [-0.2, 0) is 0 Å². The summed E-state index contributed by atoms with van der Waals surface area (Å²) in [4.78, 5) is 21.5. The van der Waals surface area contributed by atoms with Crippen LogP contribution in [0.1, 0.15) is 10.4 Å². The molecular weight excluding hydrogens is 286 g/mol. The first-order chi connectivity index (χ1) is 9.88. The van der Waals surface area contributed by atoms with Gasteiger partial charge in [0, 0.05) is 23.4 Å². The lowest BCUT2D eigenvalue weighted by molar-refractivity contribution is -0.387. The van der Waals surface area contributed by atoms with Crippen LogP contribution in [0.15, 0.2) is 36.4 Å². The molecule has 0 fully saturated rings. The van der Waals surface area contributed by atoms with E-state index in [4.69, 9.17) is 5.11 Å². The highest BCUT2D eigenvalue weighted by Crippen LogP contribution is 2.22. The van der Waals surface area contributed by atoms with E-state index in [2.05, 4.69) is 5.32 Å². The second-order valence-corrected chi connectivity index (χ2v) is 4.04. The van der Waals surface area contributed by atoms with Gasteiger partial charge in [0.25, 0.3) is 5.91 Å². The molecule has 1 amide bonds. The van der Waals surface area contributed by atoms with Crippen molar-refractivity contribution in [1.82, 2.24) is 0 Å². The van der Waals surface area contributed by atoms with Crippen LogP contribution in [0.25, 0.3) is 0 Å². The van der Waals surface area contributed by atoms with Crippen LogP contribution >= 0.6 is 0 Å². The van der Waals surface area contributed by atoms with Crippen molar-refractivity contribution >= 4 is 17.3 Å². The number of benzene rings is 2. The van der Waals surface area contributed by atoms with Crippen LogP contribution in [0.5, 0.6) is 5.75 Å². The maximum Gasteiger partial charge on any atom is 0.305 e. The van der Waals surface area contributed by atoms with Gasteiger partial charge >= 0.3 is 5.69 Å². The lowest BCUT2D eigenvalue weighted by Gasteiger charge is -2.06. The number of amides is 1. The summed E-state index contributed by atoms with van der Waals surface area (Å²) in [6.07, 6.45) is 0. The molecule has 0 aliphatic heterocycles. The second-order valence-electron chi connectivity index (χ2n) is 4.04. The molecule has 0 saturated carbocycles. The van der Waals surface area contributed by atoms with Crippen molar-refractivity contribution in [1.29, 1.82) is 0 Å². The fraction of sp³-hybridized carbons (Fsp3) is 0. The van der Waals surface area contributed by atoms with Gasteiger partial charge in [0.05, 0.1) is 4.92 Å². The fourth-order valence-electron chi connectivity index (χ4n) is 1.58. The van der Waals surface area contributed by atoms with Crippen molar-refractivity contribution in [2.75, 3.05) is 5.32 Å². The van der Waals surface area contributed by atoms with E-state index in [1.54, 1.807) is 0 Å². The lowest BCUT2D eigenvalue weighted by atomic mass is 10.1. The van der Waals surface area contributed by atoms with Crippen molar-refractivity contribution in [3.63, 3.8) is 0 Å². The van der Waals surface area contributed by atoms with Crippen molar-refractivity contribution in [3.8, 4) is 5.75 Å². The second kappa shape index (κ2) is 5.53. The van der Waals surface area contributed by atoms with Gasteiger partial charge in [-0.05, 0) is 24.3 Å². The Morgan fingerprint density at radius 2 is 1.86 bits per heavy atom. The number of nitrogens with one attached hydrogen (secondary N) is 1. The highest BCUT2D eigenvalue weighted by Gasteiger charge is 2.17. The molecule has 0 saturated heterocycles. The molecule has 0 atom stereocenters. The van der Waals surface area contributed by atoms with Crippen LogP contribution in [0.2, 0.25) is 0 Å². The van der Waals surface area contributed by atoms with Gasteiger partial charge in [-0.1, -0.05) is 0 Å².